The number of nitrogens with zero attached hydrogens (tertiary/aromatic N) is 5. The second-order valence-electron chi connectivity index (χ2n) is 6.21. The first-order valence-corrected chi connectivity index (χ1v) is 9.76. The third kappa shape index (κ3) is 4.83. The summed E-state index contributed by atoms with van der Waals surface area (Å²) in [6.45, 7) is 5.85. The SMILES string of the molecule is CCc1nnc(Nc2cccc(CN(C)Cc3cscn3)c2)nc1CC. The van der Waals surface area contributed by atoms with Crippen LogP contribution in [-0.2, 0) is 25.9 Å². The Bertz CT molecular complexity index is 834. The first-order chi connectivity index (χ1) is 12.7. The molecule has 0 radical (unpaired) electrons. The number of benzene rings is 1. The molecule has 3 rings (SSSR count). The lowest BCUT2D eigenvalue weighted by Crippen LogP contribution is -2.17. The minimum atomic E-state index is 0.548. The van der Waals surface area contributed by atoms with Crippen LogP contribution in [0, 0.1) is 0 Å². The Morgan fingerprint density at radius 1 is 1.08 bits per heavy atom. The topological polar surface area (TPSA) is 66.8 Å². The van der Waals surface area contributed by atoms with Crippen molar-refractivity contribution in [1.82, 2.24) is 25.1 Å². The molecule has 3 aromatic rings. The molecule has 0 spiro atoms. The Kier molecular flexibility index (Phi) is 6.25. The van der Waals surface area contributed by atoms with Gasteiger partial charge >= 0.3 is 0 Å². The van der Waals surface area contributed by atoms with Crippen LogP contribution in [0.25, 0.3) is 0 Å². The molecule has 0 aliphatic heterocycles. The maximum absolute atomic E-state index is 4.60. The van der Waals surface area contributed by atoms with Crippen molar-refractivity contribution in [3.05, 3.63) is 57.8 Å². The summed E-state index contributed by atoms with van der Waals surface area (Å²) in [4.78, 5) is 11.2. The van der Waals surface area contributed by atoms with Crippen molar-refractivity contribution >= 4 is 23.0 Å². The monoisotopic (exact) mass is 368 g/mol. The van der Waals surface area contributed by atoms with Crippen LogP contribution in [0.2, 0.25) is 0 Å². The third-order valence-corrected chi connectivity index (χ3v) is 4.70. The lowest BCUT2D eigenvalue weighted by Gasteiger charge is -2.16. The molecule has 0 fully saturated rings. The van der Waals surface area contributed by atoms with Crippen molar-refractivity contribution in [2.45, 2.75) is 39.8 Å². The summed E-state index contributed by atoms with van der Waals surface area (Å²) in [5, 5.41) is 13.9. The van der Waals surface area contributed by atoms with Gasteiger partial charge in [-0.1, -0.05) is 26.0 Å². The molecule has 0 saturated carbocycles. The average molecular weight is 369 g/mol. The molecule has 2 aromatic heterocycles. The second kappa shape index (κ2) is 8.82. The van der Waals surface area contributed by atoms with E-state index in [1.165, 1.54) is 5.56 Å². The number of hydrogen-bond acceptors (Lipinski definition) is 7. The summed E-state index contributed by atoms with van der Waals surface area (Å²) in [7, 11) is 2.10. The number of anilines is 2. The maximum Gasteiger partial charge on any atom is 0.247 e. The number of rotatable bonds is 8. The van der Waals surface area contributed by atoms with Crippen LogP contribution in [-0.4, -0.2) is 32.1 Å². The molecule has 0 unspecified atom stereocenters. The predicted octanol–water partition coefficient (Wildman–Crippen LogP) is 3.83. The molecule has 1 aromatic carbocycles. The summed E-state index contributed by atoms with van der Waals surface area (Å²) in [6, 6.07) is 8.31. The summed E-state index contributed by atoms with van der Waals surface area (Å²) < 4.78 is 0. The second-order valence-corrected chi connectivity index (χ2v) is 6.93. The molecular formula is C19H24N6S. The molecule has 0 aliphatic carbocycles. The Morgan fingerprint density at radius 2 is 1.92 bits per heavy atom. The molecule has 0 aliphatic rings. The van der Waals surface area contributed by atoms with Gasteiger partial charge in [-0.2, -0.15) is 0 Å². The van der Waals surface area contributed by atoms with Crippen molar-refractivity contribution in [2.75, 3.05) is 12.4 Å². The van der Waals surface area contributed by atoms with Crippen LogP contribution in [0.5, 0.6) is 0 Å². The largest absolute Gasteiger partial charge is 0.323 e. The van der Waals surface area contributed by atoms with Crippen molar-refractivity contribution in [2.24, 2.45) is 0 Å². The number of aryl methyl sites for hydroxylation is 2. The van der Waals surface area contributed by atoms with E-state index >= 15 is 0 Å². The Labute approximate surface area is 158 Å². The standard InChI is InChI=1S/C19H24N6S/c1-4-17-18(5-2)23-24-19(22-17)21-15-8-6-7-14(9-15)10-25(3)11-16-12-26-13-20-16/h6-9,12-13H,4-5,10-11H2,1-3H3,(H,21,22,24). The molecule has 1 N–H and O–H groups in total. The Balaban J connectivity index is 1.67. The molecule has 0 amide bonds. The maximum atomic E-state index is 4.60. The van der Waals surface area contributed by atoms with Gasteiger partial charge < -0.3 is 5.32 Å². The van der Waals surface area contributed by atoms with Crippen LogP contribution < -0.4 is 5.32 Å². The van der Waals surface area contributed by atoms with Crippen LogP contribution in [0.15, 0.2) is 35.2 Å². The highest BCUT2D eigenvalue weighted by Crippen LogP contribution is 2.17. The lowest BCUT2D eigenvalue weighted by atomic mass is 10.2. The molecule has 0 saturated heterocycles. The van der Waals surface area contributed by atoms with Crippen LogP contribution in [0.4, 0.5) is 11.6 Å². The van der Waals surface area contributed by atoms with Gasteiger partial charge in [-0.05, 0) is 37.6 Å². The average Bonchev–Trinajstić information content (AvgIpc) is 3.14. The highest BCUT2D eigenvalue weighted by molar-refractivity contribution is 7.07. The Hall–Kier alpha value is -2.38. The van der Waals surface area contributed by atoms with E-state index in [9.17, 15) is 0 Å². The molecule has 0 bridgehead atoms. The van der Waals surface area contributed by atoms with Crippen molar-refractivity contribution in [3.63, 3.8) is 0 Å². The van der Waals surface area contributed by atoms with E-state index in [-0.39, 0.29) is 0 Å². The smallest absolute Gasteiger partial charge is 0.247 e. The van der Waals surface area contributed by atoms with E-state index in [4.69, 9.17) is 0 Å². The van der Waals surface area contributed by atoms with E-state index in [1.807, 2.05) is 17.6 Å². The number of aromatic nitrogens is 4. The van der Waals surface area contributed by atoms with Crippen LogP contribution in [0.3, 0.4) is 0 Å². The van der Waals surface area contributed by atoms with Gasteiger partial charge in [0, 0.05) is 24.2 Å². The van der Waals surface area contributed by atoms with E-state index in [2.05, 4.69) is 68.8 Å². The van der Waals surface area contributed by atoms with E-state index in [0.717, 1.165) is 48.7 Å². The molecule has 136 valence electrons. The normalized spacial score (nSPS) is 11.1. The zero-order chi connectivity index (χ0) is 18.4. The Morgan fingerprint density at radius 3 is 2.65 bits per heavy atom. The lowest BCUT2D eigenvalue weighted by molar-refractivity contribution is 0.316. The number of thiazole rings is 1. The van der Waals surface area contributed by atoms with Gasteiger partial charge in [0.25, 0.3) is 0 Å². The van der Waals surface area contributed by atoms with Crippen molar-refractivity contribution < 1.29 is 0 Å². The molecule has 0 atom stereocenters. The highest BCUT2D eigenvalue weighted by Gasteiger charge is 2.08. The molecule has 2 heterocycles. The molecule has 26 heavy (non-hydrogen) atoms. The van der Waals surface area contributed by atoms with Gasteiger partial charge in [-0.15, -0.1) is 21.5 Å². The van der Waals surface area contributed by atoms with Crippen molar-refractivity contribution in [1.29, 1.82) is 0 Å². The minimum Gasteiger partial charge on any atom is -0.323 e. The number of hydrogen-bond donors (Lipinski definition) is 1. The predicted molar refractivity (Wildman–Crippen MR) is 106 cm³/mol. The minimum absolute atomic E-state index is 0.548. The fourth-order valence-corrected chi connectivity index (χ4v) is 3.38. The molecule has 6 nitrogen and oxygen atoms in total. The molecular weight excluding hydrogens is 344 g/mol. The summed E-state index contributed by atoms with van der Waals surface area (Å²) in [5.41, 5.74) is 7.14. The van der Waals surface area contributed by atoms with E-state index < -0.39 is 0 Å². The summed E-state index contributed by atoms with van der Waals surface area (Å²) in [6.07, 6.45) is 1.71. The van der Waals surface area contributed by atoms with Gasteiger partial charge in [-0.25, -0.2) is 9.97 Å². The zero-order valence-electron chi connectivity index (χ0n) is 15.4. The molecule has 7 heteroatoms. The summed E-state index contributed by atoms with van der Waals surface area (Å²) in [5.74, 6) is 0.548. The summed E-state index contributed by atoms with van der Waals surface area (Å²) >= 11 is 1.63. The van der Waals surface area contributed by atoms with E-state index in [0.29, 0.717) is 5.95 Å². The fraction of sp³-hybridized carbons (Fsp3) is 0.368. The third-order valence-electron chi connectivity index (χ3n) is 4.06. The highest BCUT2D eigenvalue weighted by atomic mass is 32.1. The van der Waals surface area contributed by atoms with E-state index in [1.54, 1.807) is 11.3 Å². The van der Waals surface area contributed by atoms with Gasteiger partial charge in [0.2, 0.25) is 5.95 Å². The quantitative estimate of drug-likeness (QED) is 0.652. The van der Waals surface area contributed by atoms with Gasteiger partial charge in [-0.3, -0.25) is 4.90 Å². The van der Waals surface area contributed by atoms with Crippen LogP contribution in [0.1, 0.15) is 36.5 Å². The van der Waals surface area contributed by atoms with Gasteiger partial charge in [0.05, 0.1) is 22.6 Å². The first kappa shape index (κ1) is 18.4. The first-order valence-electron chi connectivity index (χ1n) is 8.82. The fourth-order valence-electron chi connectivity index (χ4n) is 2.83. The van der Waals surface area contributed by atoms with Gasteiger partial charge in [0.15, 0.2) is 0 Å². The van der Waals surface area contributed by atoms with Crippen LogP contribution >= 0.6 is 11.3 Å². The number of nitrogens with one attached hydrogen (secondary N) is 1. The van der Waals surface area contributed by atoms with Crippen molar-refractivity contribution in [3.8, 4) is 0 Å². The van der Waals surface area contributed by atoms with Gasteiger partial charge in [0.1, 0.15) is 0 Å². The zero-order valence-corrected chi connectivity index (χ0v) is 16.3.